The fourth-order valence-corrected chi connectivity index (χ4v) is 2.94. The molecule has 0 bridgehead atoms. The highest BCUT2D eigenvalue weighted by atomic mass is 16.5. The van der Waals surface area contributed by atoms with Crippen LogP contribution < -0.4 is 16.0 Å². The molecule has 1 atom stereocenters. The molecule has 2 aromatic rings. The lowest BCUT2D eigenvalue weighted by Gasteiger charge is -2.12. The minimum absolute atomic E-state index is 0.103. The molecule has 8 heteroatoms. The molecule has 1 unspecified atom stereocenters. The molecular formula is C19H24N4O4. The third kappa shape index (κ3) is 5.30. The van der Waals surface area contributed by atoms with Crippen LogP contribution in [-0.4, -0.2) is 36.4 Å². The van der Waals surface area contributed by atoms with E-state index in [2.05, 4.69) is 21.1 Å². The van der Waals surface area contributed by atoms with Gasteiger partial charge in [0.25, 0.3) is 0 Å². The van der Waals surface area contributed by atoms with Crippen molar-refractivity contribution in [3.8, 4) is 0 Å². The van der Waals surface area contributed by atoms with E-state index in [4.69, 9.17) is 9.26 Å². The molecule has 8 nitrogen and oxygen atoms in total. The zero-order valence-electron chi connectivity index (χ0n) is 15.5. The van der Waals surface area contributed by atoms with Crippen LogP contribution >= 0.6 is 0 Å². The SMILES string of the molecule is Cc1noc(C)c1CC(=O)Nc1ccc(NC(=O)NCC2CCCO2)cc1. The molecule has 1 aromatic carbocycles. The van der Waals surface area contributed by atoms with E-state index in [1.54, 1.807) is 31.2 Å². The van der Waals surface area contributed by atoms with E-state index in [0.29, 0.717) is 23.7 Å². The van der Waals surface area contributed by atoms with Crippen LogP contribution in [0.2, 0.25) is 0 Å². The van der Waals surface area contributed by atoms with Gasteiger partial charge in [0, 0.05) is 30.1 Å². The summed E-state index contributed by atoms with van der Waals surface area (Å²) in [7, 11) is 0. The normalized spacial score (nSPS) is 16.1. The Labute approximate surface area is 157 Å². The van der Waals surface area contributed by atoms with E-state index in [1.165, 1.54) is 0 Å². The van der Waals surface area contributed by atoms with Gasteiger partial charge in [-0.3, -0.25) is 4.79 Å². The summed E-state index contributed by atoms with van der Waals surface area (Å²) in [5.41, 5.74) is 2.81. The van der Waals surface area contributed by atoms with Crippen molar-refractivity contribution in [2.24, 2.45) is 0 Å². The van der Waals surface area contributed by atoms with Crippen molar-refractivity contribution in [3.05, 3.63) is 41.3 Å². The van der Waals surface area contributed by atoms with Gasteiger partial charge in [-0.1, -0.05) is 5.16 Å². The topological polar surface area (TPSA) is 105 Å². The zero-order chi connectivity index (χ0) is 19.2. The predicted octanol–water partition coefficient (Wildman–Crippen LogP) is 2.77. The fraction of sp³-hybridized carbons (Fsp3) is 0.421. The second-order valence-corrected chi connectivity index (χ2v) is 6.58. The molecule has 1 fully saturated rings. The Kier molecular flexibility index (Phi) is 6.08. The van der Waals surface area contributed by atoms with Crippen LogP contribution in [0.1, 0.15) is 29.9 Å². The molecule has 3 N–H and O–H groups in total. The number of aromatic nitrogens is 1. The first-order chi connectivity index (χ1) is 13.0. The number of ether oxygens (including phenoxy) is 1. The average Bonchev–Trinajstić information content (AvgIpc) is 3.27. The molecule has 1 aliphatic heterocycles. The molecule has 27 heavy (non-hydrogen) atoms. The van der Waals surface area contributed by atoms with E-state index >= 15 is 0 Å². The highest BCUT2D eigenvalue weighted by Gasteiger charge is 2.16. The van der Waals surface area contributed by atoms with Gasteiger partial charge in [0.15, 0.2) is 0 Å². The second-order valence-electron chi connectivity index (χ2n) is 6.58. The summed E-state index contributed by atoms with van der Waals surface area (Å²) in [5.74, 6) is 0.496. The van der Waals surface area contributed by atoms with Gasteiger partial charge in [0.1, 0.15) is 5.76 Å². The van der Waals surface area contributed by atoms with E-state index < -0.39 is 0 Å². The number of benzene rings is 1. The lowest BCUT2D eigenvalue weighted by Crippen LogP contribution is -2.35. The molecule has 1 aromatic heterocycles. The van der Waals surface area contributed by atoms with Gasteiger partial charge in [0.05, 0.1) is 18.2 Å². The van der Waals surface area contributed by atoms with Gasteiger partial charge in [-0.05, 0) is 51.0 Å². The van der Waals surface area contributed by atoms with Gasteiger partial charge < -0.3 is 25.2 Å². The van der Waals surface area contributed by atoms with Gasteiger partial charge in [-0.15, -0.1) is 0 Å². The maximum absolute atomic E-state index is 12.2. The summed E-state index contributed by atoms with van der Waals surface area (Å²) < 4.78 is 10.5. The number of urea groups is 1. The van der Waals surface area contributed by atoms with Crippen molar-refractivity contribution in [3.63, 3.8) is 0 Å². The summed E-state index contributed by atoms with van der Waals surface area (Å²) in [6.45, 7) is 4.86. The minimum atomic E-state index is -0.277. The Morgan fingerprint density at radius 3 is 2.44 bits per heavy atom. The molecule has 0 saturated carbocycles. The van der Waals surface area contributed by atoms with Crippen LogP contribution in [0.15, 0.2) is 28.8 Å². The fourth-order valence-electron chi connectivity index (χ4n) is 2.94. The number of rotatable bonds is 6. The quantitative estimate of drug-likeness (QED) is 0.723. The summed E-state index contributed by atoms with van der Waals surface area (Å²) in [6, 6.07) is 6.66. The first-order valence-corrected chi connectivity index (χ1v) is 8.99. The highest BCUT2D eigenvalue weighted by Crippen LogP contribution is 2.16. The van der Waals surface area contributed by atoms with E-state index in [1.807, 2.05) is 6.92 Å². The second kappa shape index (κ2) is 8.68. The maximum Gasteiger partial charge on any atom is 0.319 e. The molecule has 1 saturated heterocycles. The van der Waals surface area contributed by atoms with E-state index in [0.717, 1.165) is 30.7 Å². The molecule has 2 heterocycles. The Bertz CT molecular complexity index is 775. The van der Waals surface area contributed by atoms with Crippen LogP contribution in [0.25, 0.3) is 0 Å². The number of hydrogen-bond donors (Lipinski definition) is 3. The average molecular weight is 372 g/mol. The highest BCUT2D eigenvalue weighted by molar-refractivity contribution is 5.93. The predicted molar refractivity (Wildman–Crippen MR) is 101 cm³/mol. The lowest BCUT2D eigenvalue weighted by atomic mass is 10.1. The smallest absolute Gasteiger partial charge is 0.319 e. The van der Waals surface area contributed by atoms with Crippen LogP contribution in [0, 0.1) is 13.8 Å². The minimum Gasteiger partial charge on any atom is -0.376 e. The Morgan fingerprint density at radius 2 is 1.85 bits per heavy atom. The number of aryl methyl sites for hydroxylation is 2. The van der Waals surface area contributed by atoms with Gasteiger partial charge in [-0.25, -0.2) is 4.79 Å². The molecular weight excluding hydrogens is 348 g/mol. The van der Waals surface area contributed by atoms with Crippen molar-refractivity contribution in [1.82, 2.24) is 10.5 Å². The molecule has 3 amide bonds. The molecule has 0 radical (unpaired) electrons. The van der Waals surface area contributed by atoms with E-state index in [9.17, 15) is 9.59 Å². The lowest BCUT2D eigenvalue weighted by molar-refractivity contribution is -0.115. The molecule has 144 valence electrons. The van der Waals surface area contributed by atoms with Crippen molar-refractivity contribution in [2.75, 3.05) is 23.8 Å². The molecule has 0 spiro atoms. The summed E-state index contributed by atoms with van der Waals surface area (Å²) in [6.07, 6.45) is 2.32. The van der Waals surface area contributed by atoms with Gasteiger partial charge in [0.2, 0.25) is 5.91 Å². The Hall–Kier alpha value is -2.87. The molecule has 0 aliphatic carbocycles. The van der Waals surface area contributed by atoms with Crippen molar-refractivity contribution < 1.29 is 18.8 Å². The number of nitrogens with one attached hydrogen (secondary N) is 3. The van der Waals surface area contributed by atoms with Crippen molar-refractivity contribution in [2.45, 2.75) is 39.2 Å². The van der Waals surface area contributed by atoms with Crippen LogP contribution in [0.4, 0.5) is 16.2 Å². The number of anilines is 2. The van der Waals surface area contributed by atoms with Crippen molar-refractivity contribution in [1.29, 1.82) is 0 Å². The monoisotopic (exact) mass is 372 g/mol. The van der Waals surface area contributed by atoms with Crippen molar-refractivity contribution >= 4 is 23.3 Å². The maximum atomic E-state index is 12.2. The van der Waals surface area contributed by atoms with Gasteiger partial charge in [-0.2, -0.15) is 0 Å². The van der Waals surface area contributed by atoms with Crippen LogP contribution in [0.5, 0.6) is 0 Å². The standard InChI is InChI=1S/C19H24N4O4/c1-12-17(13(2)27-23-12)10-18(24)21-14-5-7-15(8-6-14)22-19(25)20-11-16-4-3-9-26-16/h5-8,16H,3-4,9-11H2,1-2H3,(H,21,24)(H2,20,22,25). The largest absolute Gasteiger partial charge is 0.376 e. The number of nitrogens with zero attached hydrogens (tertiary/aromatic N) is 1. The molecule has 3 rings (SSSR count). The number of carbonyl (C=O) groups is 2. The van der Waals surface area contributed by atoms with Gasteiger partial charge >= 0.3 is 6.03 Å². The number of hydrogen-bond acceptors (Lipinski definition) is 5. The Morgan fingerprint density at radius 1 is 1.15 bits per heavy atom. The first-order valence-electron chi connectivity index (χ1n) is 8.99. The number of carbonyl (C=O) groups excluding carboxylic acids is 2. The third-order valence-corrected chi connectivity index (χ3v) is 4.46. The first kappa shape index (κ1) is 18.9. The summed E-state index contributed by atoms with van der Waals surface area (Å²) in [5, 5.41) is 12.2. The summed E-state index contributed by atoms with van der Waals surface area (Å²) >= 11 is 0. The zero-order valence-corrected chi connectivity index (χ0v) is 15.5. The summed E-state index contributed by atoms with van der Waals surface area (Å²) in [4.78, 5) is 24.1. The molecule has 1 aliphatic rings. The third-order valence-electron chi connectivity index (χ3n) is 4.46. The van der Waals surface area contributed by atoms with Crippen LogP contribution in [-0.2, 0) is 16.0 Å². The Balaban J connectivity index is 1.46. The van der Waals surface area contributed by atoms with E-state index in [-0.39, 0.29) is 24.5 Å². The number of amides is 3. The van der Waals surface area contributed by atoms with Crippen LogP contribution in [0.3, 0.4) is 0 Å².